The second kappa shape index (κ2) is 6.53. The largest absolute Gasteiger partial charge is 0.380 e. The maximum Gasteiger partial charge on any atom is 0.0622 e. The fraction of sp³-hybridized carbons (Fsp3) is 0.647. The SMILES string of the molecule is CCOCC(NC1CCc2ccc(C)cc21)C(C)C. The predicted octanol–water partition coefficient (Wildman–Crippen LogP) is 3.63. The molecule has 2 nitrogen and oxygen atoms in total. The fourth-order valence-electron chi connectivity index (χ4n) is 2.83. The zero-order chi connectivity index (χ0) is 13.8. The van der Waals surface area contributed by atoms with E-state index < -0.39 is 0 Å². The molecule has 0 saturated carbocycles. The number of ether oxygens (including phenoxy) is 1. The number of rotatable bonds is 6. The Labute approximate surface area is 117 Å². The molecule has 1 aromatic rings. The van der Waals surface area contributed by atoms with E-state index in [4.69, 9.17) is 4.74 Å². The van der Waals surface area contributed by atoms with Crippen molar-refractivity contribution in [3.05, 3.63) is 34.9 Å². The van der Waals surface area contributed by atoms with Crippen LogP contribution in [-0.4, -0.2) is 19.3 Å². The minimum atomic E-state index is 0.441. The molecule has 2 unspecified atom stereocenters. The van der Waals surface area contributed by atoms with Gasteiger partial charge in [0.05, 0.1) is 6.61 Å². The lowest BCUT2D eigenvalue weighted by Crippen LogP contribution is -2.39. The molecule has 2 atom stereocenters. The van der Waals surface area contributed by atoms with Gasteiger partial charge in [-0.25, -0.2) is 0 Å². The second-order valence-corrected chi connectivity index (χ2v) is 5.97. The first-order chi connectivity index (χ1) is 9.11. The molecule has 19 heavy (non-hydrogen) atoms. The third kappa shape index (κ3) is 3.58. The summed E-state index contributed by atoms with van der Waals surface area (Å²) < 4.78 is 5.62. The maximum atomic E-state index is 5.62. The van der Waals surface area contributed by atoms with Gasteiger partial charge in [0.15, 0.2) is 0 Å². The number of fused-ring (bicyclic) bond motifs is 1. The highest BCUT2D eigenvalue weighted by atomic mass is 16.5. The van der Waals surface area contributed by atoms with E-state index in [0.29, 0.717) is 18.0 Å². The van der Waals surface area contributed by atoms with Gasteiger partial charge in [-0.05, 0) is 43.7 Å². The highest BCUT2D eigenvalue weighted by Crippen LogP contribution is 2.32. The van der Waals surface area contributed by atoms with Crippen LogP contribution in [0, 0.1) is 12.8 Å². The van der Waals surface area contributed by atoms with Crippen molar-refractivity contribution in [1.82, 2.24) is 5.32 Å². The lowest BCUT2D eigenvalue weighted by molar-refractivity contribution is 0.103. The minimum Gasteiger partial charge on any atom is -0.380 e. The Hall–Kier alpha value is -0.860. The van der Waals surface area contributed by atoms with E-state index in [0.717, 1.165) is 13.2 Å². The third-order valence-electron chi connectivity index (χ3n) is 4.10. The van der Waals surface area contributed by atoms with Gasteiger partial charge in [-0.3, -0.25) is 0 Å². The smallest absolute Gasteiger partial charge is 0.0622 e. The van der Waals surface area contributed by atoms with Crippen molar-refractivity contribution in [2.75, 3.05) is 13.2 Å². The Morgan fingerprint density at radius 1 is 1.37 bits per heavy atom. The van der Waals surface area contributed by atoms with E-state index >= 15 is 0 Å². The van der Waals surface area contributed by atoms with E-state index in [1.807, 2.05) is 0 Å². The molecule has 2 heteroatoms. The molecule has 0 amide bonds. The Kier molecular flexibility index (Phi) is 5.00. The van der Waals surface area contributed by atoms with Gasteiger partial charge in [-0.15, -0.1) is 0 Å². The standard InChI is InChI=1S/C17H27NO/c1-5-19-11-17(12(2)3)18-16-9-8-14-7-6-13(4)10-15(14)16/h6-7,10,12,16-18H,5,8-9,11H2,1-4H3. The van der Waals surface area contributed by atoms with Gasteiger partial charge >= 0.3 is 0 Å². The summed E-state index contributed by atoms with van der Waals surface area (Å²) in [6.07, 6.45) is 2.42. The van der Waals surface area contributed by atoms with E-state index in [9.17, 15) is 0 Å². The highest BCUT2D eigenvalue weighted by Gasteiger charge is 2.25. The molecule has 0 bridgehead atoms. The van der Waals surface area contributed by atoms with Crippen LogP contribution in [-0.2, 0) is 11.2 Å². The van der Waals surface area contributed by atoms with Crippen LogP contribution in [0.2, 0.25) is 0 Å². The fourth-order valence-corrected chi connectivity index (χ4v) is 2.83. The Morgan fingerprint density at radius 3 is 2.84 bits per heavy atom. The summed E-state index contributed by atoms with van der Waals surface area (Å²) in [5, 5.41) is 3.81. The van der Waals surface area contributed by atoms with Gasteiger partial charge in [0.25, 0.3) is 0 Å². The maximum absolute atomic E-state index is 5.62. The average Bonchev–Trinajstić information content (AvgIpc) is 2.76. The summed E-state index contributed by atoms with van der Waals surface area (Å²) in [5.41, 5.74) is 4.38. The summed E-state index contributed by atoms with van der Waals surface area (Å²) in [7, 11) is 0. The lowest BCUT2D eigenvalue weighted by atomic mass is 10.0. The van der Waals surface area contributed by atoms with E-state index in [1.54, 1.807) is 0 Å². The molecule has 1 aromatic carbocycles. The van der Waals surface area contributed by atoms with Crippen LogP contribution < -0.4 is 5.32 Å². The molecule has 1 aliphatic carbocycles. The molecular weight excluding hydrogens is 234 g/mol. The summed E-state index contributed by atoms with van der Waals surface area (Å²) in [5.74, 6) is 0.598. The molecule has 0 spiro atoms. The second-order valence-electron chi connectivity index (χ2n) is 5.97. The molecule has 0 radical (unpaired) electrons. The van der Waals surface area contributed by atoms with Gasteiger partial charge in [-0.2, -0.15) is 0 Å². The molecular formula is C17H27NO. The minimum absolute atomic E-state index is 0.441. The third-order valence-corrected chi connectivity index (χ3v) is 4.10. The molecule has 0 saturated heterocycles. The Bertz CT molecular complexity index is 414. The summed E-state index contributed by atoms with van der Waals surface area (Å²) >= 11 is 0. The first-order valence-corrected chi connectivity index (χ1v) is 7.55. The Balaban J connectivity index is 2.05. The molecule has 0 heterocycles. The van der Waals surface area contributed by atoms with Crippen LogP contribution in [0.4, 0.5) is 0 Å². The van der Waals surface area contributed by atoms with Gasteiger partial charge in [-0.1, -0.05) is 37.6 Å². The topological polar surface area (TPSA) is 21.3 Å². The van der Waals surface area contributed by atoms with Crippen molar-refractivity contribution in [3.8, 4) is 0 Å². The van der Waals surface area contributed by atoms with Gasteiger partial charge < -0.3 is 10.1 Å². The molecule has 1 N–H and O–H groups in total. The zero-order valence-electron chi connectivity index (χ0n) is 12.7. The molecule has 0 fully saturated rings. The normalized spacial score (nSPS) is 19.7. The van der Waals surface area contributed by atoms with Crippen molar-refractivity contribution >= 4 is 0 Å². The number of nitrogens with one attached hydrogen (secondary N) is 1. The number of aryl methyl sites for hydroxylation is 2. The molecule has 2 rings (SSSR count). The van der Waals surface area contributed by atoms with E-state index in [1.165, 1.54) is 29.5 Å². The van der Waals surface area contributed by atoms with Crippen LogP contribution in [0.25, 0.3) is 0 Å². The van der Waals surface area contributed by atoms with Gasteiger partial charge in [0.1, 0.15) is 0 Å². The number of hydrogen-bond acceptors (Lipinski definition) is 2. The highest BCUT2D eigenvalue weighted by molar-refractivity contribution is 5.37. The van der Waals surface area contributed by atoms with E-state index in [-0.39, 0.29) is 0 Å². The van der Waals surface area contributed by atoms with Crippen molar-refractivity contribution < 1.29 is 4.74 Å². The Morgan fingerprint density at radius 2 is 2.16 bits per heavy atom. The quantitative estimate of drug-likeness (QED) is 0.844. The molecule has 1 aliphatic rings. The van der Waals surface area contributed by atoms with Crippen LogP contribution in [0.1, 0.15) is 49.9 Å². The first-order valence-electron chi connectivity index (χ1n) is 7.55. The van der Waals surface area contributed by atoms with Crippen LogP contribution in [0.3, 0.4) is 0 Å². The zero-order valence-corrected chi connectivity index (χ0v) is 12.7. The van der Waals surface area contributed by atoms with Crippen LogP contribution >= 0.6 is 0 Å². The average molecular weight is 261 g/mol. The van der Waals surface area contributed by atoms with Crippen molar-refractivity contribution in [3.63, 3.8) is 0 Å². The van der Waals surface area contributed by atoms with Crippen LogP contribution in [0.15, 0.2) is 18.2 Å². The number of hydrogen-bond donors (Lipinski definition) is 1. The predicted molar refractivity (Wildman–Crippen MR) is 80.5 cm³/mol. The van der Waals surface area contributed by atoms with E-state index in [2.05, 4.69) is 51.2 Å². The molecule has 106 valence electrons. The van der Waals surface area contributed by atoms with Crippen molar-refractivity contribution in [1.29, 1.82) is 0 Å². The summed E-state index contributed by atoms with van der Waals surface area (Å²) in [4.78, 5) is 0. The van der Waals surface area contributed by atoms with Crippen molar-refractivity contribution in [2.24, 2.45) is 5.92 Å². The van der Waals surface area contributed by atoms with Crippen LogP contribution in [0.5, 0.6) is 0 Å². The van der Waals surface area contributed by atoms with Crippen molar-refractivity contribution in [2.45, 2.75) is 52.6 Å². The summed E-state index contributed by atoms with van der Waals surface area (Å²) in [6.45, 7) is 10.4. The first kappa shape index (κ1) is 14.5. The monoisotopic (exact) mass is 261 g/mol. The number of benzene rings is 1. The van der Waals surface area contributed by atoms with Gasteiger partial charge in [0, 0.05) is 18.7 Å². The summed E-state index contributed by atoms with van der Waals surface area (Å²) in [6, 6.07) is 7.80. The van der Waals surface area contributed by atoms with Gasteiger partial charge in [0.2, 0.25) is 0 Å². The molecule has 0 aromatic heterocycles. The molecule has 0 aliphatic heterocycles. The lowest BCUT2D eigenvalue weighted by Gasteiger charge is -2.26.